The van der Waals surface area contributed by atoms with E-state index in [0.717, 1.165) is 17.3 Å². The summed E-state index contributed by atoms with van der Waals surface area (Å²) in [4.78, 5) is 21.3. The number of nitrogens with zero attached hydrogens (tertiary/aromatic N) is 3. The van der Waals surface area contributed by atoms with E-state index in [9.17, 15) is 30.8 Å². The van der Waals surface area contributed by atoms with Crippen molar-refractivity contribution >= 4 is 15.9 Å². The fraction of sp³-hybridized carbons (Fsp3) is 0.433. The Morgan fingerprint density at radius 3 is 2.64 bits per heavy atom. The zero-order valence-electron chi connectivity index (χ0n) is 24.2. The molecule has 4 heterocycles. The molecule has 2 aliphatic heterocycles. The minimum atomic E-state index is -5.04. The molecular formula is C30H31F4N5O5S. The number of carbonyl (C=O) groups is 1. The normalized spacial score (nSPS) is 20.0. The Balaban J connectivity index is 1.17. The summed E-state index contributed by atoms with van der Waals surface area (Å²) in [7, 11) is -4.50. The molecule has 2 saturated heterocycles. The Bertz CT molecular complexity index is 1700. The Labute approximate surface area is 257 Å². The molecule has 3 aromatic rings. The zero-order chi connectivity index (χ0) is 32.0. The highest BCUT2D eigenvalue weighted by molar-refractivity contribution is 7.89. The summed E-state index contributed by atoms with van der Waals surface area (Å²) in [5, 5.41) is 6.19. The van der Waals surface area contributed by atoms with Crippen LogP contribution in [-0.4, -0.2) is 73.5 Å². The van der Waals surface area contributed by atoms with E-state index in [1.807, 2.05) is 6.92 Å². The van der Waals surface area contributed by atoms with Crippen molar-refractivity contribution < 1.29 is 40.2 Å². The molecule has 0 bridgehead atoms. The molecule has 10 nitrogen and oxygen atoms in total. The number of hydrogen-bond donors (Lipinski definition) is 2. The van der Waals surface area contributed by atoms with Gasteiger partial charge in [0, 0.05) is 37.3 Å². The Morgan fingerprint density at radius 1 is 1.18 bits per heavy atom. The number of ether oxygens (including phenoxy) is 2. The van der Waals surface area contributed by atoms with E-state index in [2.05, 4.69) is 20.6 Å². The van der Waals surface area contributed by atoms with Gasteiger partial charge in [0.1, 0.15) is 11.9 Å². The van der Waals surface area contributed by atoms with E-state index in [0.29, 0.717) is 55.3 Å². The van der Waals surface area contributed by atoms with Crippen LogP contribution in [0.2, 0.25) is 0 Å². The summed E-state index contributed by atoms with van der Waals surface area (Å²) in [6.45, 7) is 3.65. The molecule has 2 N–H and O–H groups in total. The maximum Gasteiger partial charge on any atom is 0.417 e. The first kappa shape index (κ1) is 31.2. The fourth-order valence-electron chi connectivity index (χ4n) is 6.11. The van der Waals surface area contributed by atoms with Crippen LogP contribution < -0.4 is 20.1 Å². The molecule has 1 aliphatic carbocycles. The van der Waals surface area contributed by atoms with Gasteiger partial charge in [0.05, 0.1) is 28.3 Å². The van der Waals surface area contributed by atoms with Crippen LogP contribution in [0, 0.1) is 11.2 Å². The number of hydrogen-bond acceptors (Lipinski definition) is 8. The van der Waals surface area contributed by atoms with E-state index in [1.54, 1.807) is 30.5 Å². The Morgan fingerprint density at radius 2 is 1.96 bits per heavy atom. The van der Waals surface area contributed by atoms with Crippen molar-refractivity contribution in [2.24, 2.45) is 5.41 Å². The molecule has 240 valence electrons. The second-order valence-corrected chi connectivity index (χ2v) is 13.5. The van der Waals surface area contributed by atoms with Crippen LogP contribution in [0.15, 0.2) is 53.6 Å². The van der Waals surface area contributed by atoms with Gasteiger partial charge in [-0.05, 0) is 75.2 Å². The van der Waals surface area contributed by atoms with Gasteiger partial charge in [-0.2, -0.15) is 17.5 Å². The standard InChI is InChI=1S/C30H31F4N5O5S/c1-2-43-28-21(4-3-10-36-28)23-6-7-24(26(38-23)27(40)37-19-9-11-35-15-19)44-20-13-29(14-20)16-39(17-29)45(41,42)25-8-5-18(31)12-22(25)30(32,33)34/h3-8,10,12,19-20,35H,2,9,11,13-17H2,1H3,(H,37,40). The predicted molar refractivity (Wildman–Crippen MR) is 154 cm³/mol. The van der Waals surface area contributed by atoms with Gasteiger partial charge < -0.3 is 20.1 Å². The third-order valence-corrected chi connectivity index (χ3v) is 10.2. The lowest BCUT2D eigenvalue weighted by Crippen LogP contribution is -2.65. The van der Waals surface area contributed by atoms with Crippen molar-refractivity contribution in [1.29, 1.82) is 0 Å². The summed E-state index contributed by atoms with van der Waals surface area (Å²) < 4.78 is 93.0. The number of carbonyl (C=O) groups excluding carboxylic acids is 1. The average Bonchev–Trinajstić information content (AvgIpc) is 3.46. The molecule has 1 unspecified atom stereocenters. The maximum atomic E-state index is 13.5. The monoisotopic (exact) mass is 649 g/mol. The van der Waals surface area contributed by atoms with Gasteiger partial charge >= 0.3 is 6.18 Å². The number of aromatic nitrogens is 2. The highest BCUT2D eigenvalue weighted by atomic mass is 32.2. The van der Waals surface area contributed by atoms with Crippen molar-refractivity contribution in [2.45, 2.75) is 49.4 Å². The van der Waals surface area contributed by atoms with Crippen LogP contribution in [-0.2, 0) is 16.2 Å². The van der Waals surface area contributed by atoms with Crippen molar-refractivity contribution in [3.8, 4) is 22.9 Å². The van der Waals surface area contributed by atoms with E-state index in [4.69, 9.17) is 9.47 Å². The van der Waals surface area contributed by atoms with Crippen LogP contribution in [0.3, 0.4) is 0 Å². The Kier molecular flexibility index (Phi) is 8.20. The van der Waals surface area contributed by atoms with Gasteiger partial charge in [0.2, 0.25) is 15.9 Å². The summed E-state index contributed by atoms with van der Waals surface area (Å²) >= 11 is 0. The van der Waals surface area contributed by atoms with Gasteiger partial charge in [-0.1, -0.05) is 0 Å². The Hall–Kier alpha value is -3.82. The summed E-state index contributed by atoms with van der Waals surface area (Å²) in [5.74, 6) is -0.946. The third kappa shape index (κ3) is 6.20. The summed E-state index contributed by atoms with van der Waals surface area (Å²) in [6, 6.07) is 8.37. The lowest BCUT2D eigenvalue weighted by atomic mass is 9.63. The number of nitrogens with one attached hydrogen (secondary N) is 2. The number of sulfonamides is 1. The van der Waals surface area contributed by atoms with Crippen LogP contribution in [0.1, 0.15) is 42.2 Å². The van der Waals surface area contributed by atoms with E-state index in [-0.39, 0.29) is 42.7 Å². The van der Waals surface area contributed by atoms with Crippen LogP contribution >= 0.6 is 0 Å². The largest absolute Gasteiger partial charge is 0.488 e. The maximum absolute atomic E-state index is 13.5. The number of halogens is 4. The highest BCUT2D eigenvalue weighted by Crippen LogP contribution is 2.52. The lowest BCUT2D eigenvalue weighted by Gasteiger charge is -2.57. The average molecular weight is 650 g/mol. The summed E-state index contributed by atoms with van der Waals surface area (Å²) in [6.07, 6.45) is -2.17. The van der Waals surface area contributed by atoms with Gasteiger partial charge in [0.15, 0.2) is 11.4 Å². The predicted octanol–water partition coefficient (Wildman–Crippen LogP) is 4.02. The van der Waals surface area contributed by atoms with Gasteiger partial charge in [0.25, 0.3) is 5.91 Å². The topological polar surface area (TPSA) is 123 Å². The second-order valence-electron chi connectivity index (χ2n) is 11.6. The number of rotatable bonds is 9. The molecule has 3 aliphatic rings. The number of alkyl halides is 3. The molecular weight excluding hydrogens is 618 g/mol. The van der Waals surface area contributed by atoms with Crippen molar-refractivity contribution in [1.82, 2.24) is 24.9 Å². The molecule has 1 saturated carbocycles. The molecule has 45 heavy (non-hydrogen) atoms. The fourth-order valence-corrected chi connectivity index (χ4v) is 7.97. The SMILES string of the molecule is CCOc1ncccc1-c1ccc(OC2CC3(C2)CN(S(=O)(=O)c2ccc(F)cc2C(F)(F)F)C3)c(C(=O)NC2CCNC2)n1. The van der Waals surface area contributed by atoms with Gasteiger partial charge in [-0.15, -0.1) is 0 Å². The highest BCUT2D eigenvalue weighted by Gasteiger charge is 2.57. The number of benzene rings is 1. The molecule has 0 radical (unpaired) electrons. The van der Waals surface area contributed by atoms with Crippen LogP contribution in [0.4, 0.5) is 17.6 Å². The minimum absolute atomic E-state index is 0.00426. The third-order valence-electron chi connectivity index (χ3n) is 8.30. The molecule has 1 amide bonds. The number of amides is 1. The lowest BCUT2D eigenvalue weighted by molar-refractivity contribution is -0.140. The quantitative estimate of drug-likeness (QED) is 0.334. The first-order valence-corrected chi connectivity index (χ1v) is 16.0. The number of pyridine rings is 2. The molecule has 3 fully saturated rings. The zero-order valence-corrected chi connectivity index (χ0v) is 25.0. The van der Waals surface area contributed by atoms with Gasteiger partial charge in [-0.3, -0.25) is 4.79 Å². The molecule has 1 spiro atoms. The summed E-state index contributed by atoms with van der Waals surface area (Å²) in [5.41, 5.74) is -0.842. The van der Waals surface area contributed by atoms with Crippen molar-refractivity contribution in [3.05, 3.63) is 65.7 Å². The first-order chi connectivity index (χ1) is 21.4. The van der Waals surface area contributed by atoms with Crippen LogP contribution in [0.25, 0.3) is 11.3 Å². The molecule has 15 heteroatoms. The second kappa shape index (κ2) is 11.8. The van der Waals surface area contributed by atoms with E-state index < -0.39 is 43.8 Å². The van der Waals surface area contributed by atoms with E-state index in [1.165, 1.54) is 0 Å². The molecule has 6 rings (SSSR count). The van der Waals surface area contributed by atoms with E-state index >= 15 is 0 Å². The molecule has 1 aromatic carbocycles. The van der Waals surface area contributed by atoms with Crippen molar-refractivity contribution in [3.63, 3.8) is 0 Å². The molecule has 1 atom stereocenters. The van der Waals surface area contributed by atoms with Gasteiger partial charge in [-0.25, -0.2) is 22.8 Å². The molecule has 2 aromatic heterocycles. The minimum Gasteiger partial charge on any atom is -0.488 e. The van der Waals surface area contributed by atoms with Crippen molar-refractivity contribution in [2.75, 3.05) is 32.8 Å². The van der Waals surface area contributed by atoms with Crippen LogP contribution in [0.5, 0.6) is 11.6 Å². The first-order valence-electron chi connectivity index (χ1n) is 14.5. The smallest absolute Gasteiger partial charge is 0.417 e.